The maximum absolute atomic E-state index is 14.4. The molecular weight excluding hydrogens is 464 g/mol. The van der Waals surface area contributed by atoms with Gasteiger partial charge in [0.2, 0.25) is 15.9 Å². The number of hydrogen-bond acceptors (Lipinski definition) is 5. The van der Waals surface area contributed by atoms with Gasteiger partial charge >= 0.3 is 0 Å². The second-order valence-electron chi connectivity index (χ2n) is 7.63. The van der Waals surface area contributed by atoms with Crippen molar-refractivity contribution >= 4 is 38.9 Å². The number of carbonyl (C=O) groups excluding carboxylic acids is 1. The van der Waals surface area contributed by atoms with Crippen LogP contribution in [0.2, 0.25) is 5.02 Å². The van der Waals surface area contributed by atoms with E-state index in [0.717, 1.165) is 6.07 Å². The minimum absolute atomic E-state index is 0.00365. The molecule has 1 N–H and O–H groups in total. The van der Waals surface area contributed by atoms with Crippen LogP contribution in [0.15, 0.2) is 35.2 Å². The van der Waals surface area contributed by atoms with E-state index in [1.165, 1.54) is 28.6 Å². The van der Waals surface area contributed by atoms with Crippen LogP contribution in [-0.4, -0.2) is 58.0 Å². The Kier molecular flexibility index (Phi) is 6.66. The molecule has 0 radical (unpaired) electrons. The summed E-state index contributed by atoms with van der Waals surface area (Å²) in [6, 6.07) is 6.17. The Labute approximate surface area is 190 Å². The summed E-state index contributed by atoms with van der Waals surface area (Å²) in [6.45, 7) is 1.36. The van der Waals surface area contributed by atoms with Crippen molar-refractivity contribution in [3.63, 3.8) is 0 Å². The highest BCUT2D eigenvalue weighted by Crippen LogP contribution is 2.31. The Balaban J connectivity index is 1.52. The molecule has 7 nitrogen and oxygen atoms in total. The zero-order chi connectivity index (χ0) is 22.9. The van der Waals surface area contributed by atoms with Crippen LogP contribution in [0.5, 0.6) is 0 Å². The van der Waals surface area contributed by atoms with Gasteiger partial charge in [0, 0.05) is 25.7 Å². The molecule has 0 unspecified atom stereocenters. The van der Waals surface area contributed by atoms with E-state index in [9.17, 15) is 22.0 Å². The molecule has 2 aromatic rings. The summed E-state index contributed by atoms with van der Waals surface area (Å²) in [7, 11) is -3.77. The number of hydrogen-bond donors (Lipinski definition) is 1. The SMILES string of the molecule is O=C(CN1CCCc2cc(F)cc(F)c21)Nc1cc(S(=O)(=O)N2CCOCC2)ccc1Cl. The molecular formula is C21H22ClF2N3O4S. The minimum Gasteiger partial charge on any atom is -0.379 e. The van der Waals surface area contributed by atoms with E-state index in [1.807, 2.05) is 0 Å². The number of fused-ring (bicyclic) bond motifs is 1. The highest BCUT2D eigenvalue weighted by Gasteiger charge is 2.28. The van der Waals surface area contributed by atoms with E-state index in [-0.39, 0.29) is 40.9 Å². The molecule has 2 aliphatic heterocycles. The Hall–Kier alpha value is -2.27. The van der Waals surface area contributed by atoms with Crippen LogP contribution in [-0.2, 0) is 26.0 Å². The van der Waals surface area contributed by atoms with Crippen molar-refractivity contribution in [1.82, 2.24) is 4.31 Å². The Morgan fingerprint density at radius 1 is 1.12 bits per heavy atom. The fourth-order valence-corrected chi connectivity index (χ4v) is 5.55. The lowest BCUT2D eigenvalue weighted by Crippen LogP contribution is -2.40. The molecule has 0 saturated carbocycles. The van der Waals surface area contributed by atoms with Crippen LogP contribution >= 0.6 is 11.6 Å². The Morgan fingerprint density at radius 3 is 2.62 bits per heavy atom. The second-order valence-corrected chi connectivity index (χ2v) is 9.97. The average Bonchev–Trinajstić information content (AvgIpc) is 2.75. The van der Waals surface area contributed by atoms with Crippen LogP contribution in [0.3, 0.4) is 0 Å². The molecule has 0 aromatic heterocycles. The molecule has 2 aromatic carbocycles. The zero-order valence-corrected chi connectivity index (χ0v) is 18.7. The predicted molar refractivity (Wildman–Crippen MR) is 117 cm³/mol. The van der Waals surface area contributed by atoms with E-state index in [0.29, 0.717) is 38.2 Å². The molecule has 1 fully saturated rings. The average molecular weight is 486 g/mol. The largest absolute Gasteiger partial charge is 0.379 e. The van der Waals surface area contributed by atoms with Gasteiger partial charge in [-0.1, -0.05) is 11.6 Å². The molecule has 0 spiro atoms. The lowest BCUT2D eigenvalue weighted by molar-refractivity contribution is -0.115. The van der Waals surface area contributed by atoms with Crippen molar-refractivity contribution in [1.29, 1.82) is 0 Å². The molecule has 11 heteroatoms. The minimum atomic E-state index is -3.77. The van der Waals surface area contributed by atoms with Crippen molar-refractivity contribution in [2.24, 2.45) is 0 Å². The highest BCUT2D eigenvalue weighted by molar-refractivity contribution is 7.89. The van der Waals surface area contributed by atoms with Gasteiger partial charge in [0.25, 0.3) is 0 Å². The fraction of sp³-hybridized carbons (Fsp3) is 0.381. The normalized spacial score (nSPS) is 17.2. The molecule has 32 heavy (non-hydrogen) atoms. The number of aryl methyl sites for hydroxylation is 1. The first kappa shape index (κ1) is 22.9. The van der Waals surface area contributed by atoms with Crippen LogP contribution < -0.4 is 10.2 Å². The first-order valence-electron chi connectivity index (χ1n) is 10.2. The van der Waals surface area contributed by atoms with E-state index < -0.39 is 27.6 Å². The third kappa shape index (κ3) is 4.73. The zero-order valence-electron chi connectivity index (χ0n) is 17.1. The number of carbonyl (C=O) groups is 1. The third-order valence-corrected chi connectivity index (χ3v) is 7.68. The number of ether oxygens (including phenoxy) is 1. The highest BCUT2D eigenvalue weighted by atomic mass is 35.5. The van der Waals surface area contributed by atoms with Gasteiger partial charge in [0.1, 0.15) is 11.6 Å². The lowest BCUT2D eigenvalue weighted by Gasteiger charge is -2.31. The third-order valence-electron chi connectivity index (χ3n) is 5.45. The van der Waals surface area contributed by atoms with Crippen molar-refractivity contribution in [3.05, 3.63) is 52.6 Å². The van der Waals surface area contributed by atoms with E-state index in [4.69, 9.17) is 16.3 Å². The Morgan fingerprint density at radius 2 is 1.88 bits per heavy atom. The van der Waals surface area contributed by atoms with Crippen LogP contribution in [0.4, 0.5) is 20.2 Å². The molecule has 4 rings (SSSR count). The molecule has 2 heterocycles. The number of benzene rings is 2. The van der Waals surface area contributed by atoms with Crippen molar-refractivity contribution in [3.8, 4) is 0 Å². The first-order valence-corrected chi connectivity index (χ1v) is 12.0. The fourth-order valence-electron chi connectivity index (χ4n) is 3.95. The summed E-state index contributed by atoms with van der Waals surface area (Å²) >= 11 is 6.18. The summed E-state index contributed by atoms with van der Waals surface area (Å²) in [4.78, 5) is 14.2. The van der Waals surface area contributed by atoms with Crippen molar-refractivity contribution < 1.29 is 26.7 Å². The molecule has 0 aliphatic carbocycles. The smallest absolute Gasteiger partial charge is 0.243 e. The number of nitrogens with zero attached hydrogens (tertiary/aromatic N) is 2. The molecule has 1 saturated heterocycles. The van der Waals surface area contributed by atoms with Crippen LogP contribution in [0.25, 0.3) is 0 Å². The first-order chi connectivity index (χ1) is 15.3. The molecule has 0 bridgehead atoms. The van der Waals surface area contributed by atoms with Crippen molar-refractivity contribution in [2.75, 3.05) is 49.6 Å². The summed E-state index contributed by atoms with van der Waals surface area (Å²) in [6.07, 6.45) is 1.17. The summed E-state index contributed by atoms with van der Waals surface area (Å²) in [5.74, 6) is -1.87. The summed E-state index contributed by atoms with van der Waals surface area (Å²) < 4.78 is 60.2. The number of nitrogens with one attached hydrogen (secondary N) is 1. The van der Waals surface area contributed by atoms with Gasteiger partial charge in [0.05, 0.1) is 41.1 Å². The predicted octanol–water partition coefficient (Wildman–Crippen LogP) is 3.03. The molecule has 2 aliphatic rings. The topological polar surface area (TPSA) is 79.0 Å². The maximum Gasteiger partial charge on any atom is 0.243 e. The Bertz CT molecular complexity index is 1140. The second kappa shape index (κ2) is 9.30. The van der Waals surface area contributed by atoms with Gasteiger partial charge in [-0.25, -0.2) is 17.2 Å². The van der Waals surface area contributed by atoms with Gasteiger partial charge in [-0.3, -0.25) is 4.79 Å². The number of halogens is 3. The van der Waals surface area contributed by atoms with Gasteiger partial charge in [-0.15, -0.1) is 0 Å². The molecule has 1 amide bonds. The van der Waals surface area contributed by atoms with E-state index in [1.54, 1.807) is 4.90 Å². The van der Waals surface area contributed by atoms with Gasteiger partial charge in [-0.05, 0) is 42.7 Å². The van der Waals surface area contributed by atoms with Gasteiger partial charge in [-0.2, -0.15) is 4.31 Å². The number of anilines is 2. The van der Waals surface area contributed by atoms with Crippen LogP contribution in [0, 0.1) is 11.6 Å². The van der Waals surface area contributed by atoms with Crippen molar-refractivity contribution in [2.45, 2.75) is 17.7 Å². The van der Waals surface area contributed by atoms with Gasteiger partial charge < -0.3 is 15.0 Å². The van der Waals surface area contributed by atoms with Crippen LogP contribution in [0.1, 0.15) is 12.0 Å². The lowest BCUT2D eigenvalue weighted by atomic mass is 10.0. The maximum atomic E-state index is 14.4. The van der Waals surface area contributed by atoms with Gasteiger partial charge in [0.15, 0.2) is 0 Å². The van der Waals surface area contributed by atoms with E-state index in [2.05, 4.69) is 5.32 Å². The number of sulfonamides is 1. The quantitative estimate of drug-likeness (QED) is 0.704. The number of amides is 1. The number of rotatable bonds is 5. The summed E-state index contributed by atoms with van der Waals surface area (Å²) in [5, 5.41) is 2.79. The monoisotopic (exact) mass is 485 g/mol. The molecule has 172 valence electrons. The molecule has 0 atom stereocenters. The van der Waals surface area contributed by atoms with E-state index >= 15 is 0 Å². The number of morpholine rings is 1. The standard InChI is InChI=1S/C21H22ClF2N3O4S/c22-17-4-3-16(32(29,30)27-6-8-31-9-7-27)12-19(17)25-20(28)13-26-5-1-2-14-10-15(23)11-18(24)21(14)26/h3-4,10-12H,1-2,5-9,13H2,(H,25,28). The summed E-state index contributed by atoms with van der Waals surface area (Å²) in [5.41, 5.74) is 0.864.